The van der Waals surface area contributed by atoms with E-state index in [9.17, 15) is 4.79 Å². The van der Waals surface area contributed by atoms with E-state index in [4.69, 9.17) is 4.74 Å². The molecule has 138 valence electrons. The molecular weight excluding hydrogens is 334 g/mol. The quantitative estimate of drug-likeness (QED) is 0.814. The number of thiophene rings is 1. The van der Waals surface area contributed by atoms with Gasteiger partial charge in [0.15, 0.2) is 0 Å². The van der Waals surface area contributed by atoms with Crippen LogP contribution >= 0.6 is 11.3 Å². The van der Waals surface area contributed by atoms with Crippen molar-refractivity contribution in [2.45, 2.75) is 25.3 Å². The van der Waals surface area contributed by atoms with Gasteiger partial charge in [0.05, 0.1) is 13.2 Å². The van der Waals surface area contributed by atoms with Crippen molar-refractivity contribution >= 4 is 23.3 Å². The Bertz CT molecular complexity index is 586. The molecule has 1 amide bonds. The SMILES string of the molecule is C/C(=C\c1cccs1)C(=O)NCC1(N2CCOCC2)CCN(C)CC1. The Kier molecular flexibility index (Phi) is 6.28. The predicted molar refractivity (Wildman–Crippen MR) is 103 cm³/mol. The van der Waals surface area contributed by atoms with Crippen LogP contribution in [0.1, 0.15) is 24.6 Å². The highest BCUT2D eigenvalue weighted by atomic mass is 32.1. The van der Waals surface area contributed by atoms with E-state index in [0.717, 1.165) is 69.2 Å². The number of nitrogens with one attached hydrogen (secondary N) is 1. The van der Waals surface area contributed by atoms with Gasteiger partial charge in [-0.1, -0.05) is 6.07 Å². The molecule has 0 bridgehead atoms. The number of rotatable bonds is 5. The van der Waals surface area contributed by atoms with Crippen LogP contribution in [0.5, 0.6) is 0 Å². The van der Waals surface area contributed by atoms with Gasteiger partial charge in [-0.2, -0.15) is 0 Å². The lowest BCUT2D eigenvalue weighted by molar-refractivity contribution is -0.118. The first-order valence-electron chi connectivity index (χ1n) is 9.10. The first-order chi connectivity index (χ1) is 12.1. The number of morpholine rings is 1. The van der Waals surface area contributed by atoms with Gasteiger partial charge < -0.3 is 15.0 Å². The number of hydrogen-bond acceptors (Lipinski definition) is 5. The largest absolute Gasteiger partial charge is 0.379 e. The van der Waals surface area contributed by atoms with Gasteiger partial charge in [-0.15, -0.1) is 11.3 Å². The zero-order chi connectivity index (χ0) is 17.7. The van der Waals surface area contributed by atoms with E-state index >= 15 is 0 Å². The highest BCUT2D eigenvalue weighted by Crippen LogP contribution is 2.29. The maximum Gasteiger partial charge on any atom is 0.247 e. The minimum absolute atomic E-state index is 0.0416. The van der Waals surface area contributed by atoms with Crippen LogP contribution in [0, 0.1) is 0 Å². The average Bonchev–Trinajstić information content (AvgIpc) is 3.15. The van der Waals surface area contributed by atoms with Gasteiger partial charge in [-0.25, -0.2) is 0 Å². The summed E-state index contributed by atoms with van der Waals surface area (Å²) in [4.78, 5) is 18.6. The lowest BCUT2D eigenvalue weighted by atomic mass is 9.85. The van der Waals surface area contributed by atoms with Crippen LogP contribution in [0.15, 0.2) is 23.1 Å². The average molecular weight is 364 g/mol. The van der Waals surface area contributed by atoms with Crippen molar-refractivity contribution < 1.29 is 9.53 Å². The summed E-state index contributed by atoms with van der Waals surface area (Å²) in [6, 6.07) is 4.04. The van der Waals surface area contributed by atoms with Gasteiger partial charge in [-0.3, -0.25) is 9.69 Å². The van der Waals surface area contributed by atoms with Gasteiger partial charge >= 0.3 is 0 Å². The van der Waals surface area contributed by atoms with Crippen LogP contribution in [0.3, 0.4) is 0 Å². The van der Waals surface area contributed by atoms with Crippen LogP contribution < -0.4 is 5.32 Å². The molecule has 0 radical (unpaired) electrons. The molecule has 0 aliphatic carbocycles. The number of ether oxygens (including phenoxy) is 1. The smallest absolute Gasteiger partial charge is 0.247 e. The molecule has 0 atom stereocenters. The van der Waals surface area contributed by atoms with E-state index < -0.39 is 0 Å². The Morgan fingerprint density at radius 2 is 2.04 bits per heavy atom. The molecule has 1 N–H and O–H groups in total. The zero-order valence-electron chi connectivity index (χ0n) is 15.3. The van der Waals surface area contributed by atoms with Gasteiger partial charge in [0, 0.05) is 35.6 Å². The third-order valence-corrected chi connectivity index (χ3v) is 6.26. The molecule has 3 heterocycles. The van der Waals surface area contributed by atoms with Crippen LogP contribution in [0.2, 0.25) is 0 Å². The molecule has 2 aliphatic rings. The normalized spacial score (nSPS) is 22.7. The molecule has 2 aliphatic heterocycles. The van der Waals surface area contributed by atoms with E-state index in [-0.39, 0.29) is 11.4 Å². The summed E-state index contributed by atoms with van der Waals surface area (Å²) < 4.78 is 5.53. The molecule has 6 heteroatoms. The van der Waals surface area contributed by atoms with E-state index in [2.05, 4.69) is 22.2 Å². The van der Waals surface area contributed by atoms with Crippen molar-refractivity contribution in [1.29, 1.82) is 0 Å². The maximum absolute atomic E-state index is 12.6. The summed E-state index contributed by atoms with van der Waals surface area (Å²) in [6.07, 6.45) is 4.16. The molecule has 25 heavy (non-hydrogen) atoms. The first-order valence-corrected chi connectivity index (χ1v) is 9.98. The molecule has 0 spiro atoms. The Labute approximate surface area is 154 Å². The molecule has 5 nitrogen and oxygen atoms in total. The van der Waals surface area contributed by atoms with Crippen molar-refractivity contribution in [2.75, 3.05) is 53.0 Å². The second-order valence-corrected chi connectivity index (χ2v) is 8.13. The Balaban J connectivity index is 1.65. The van der Waals surface area contributed by atoms with Crippen LogP contribution in [-0.2, 0) is 9.53 Å². The topological polar surface area (TPSA) is 44.8 Å². The second-order valence-electron chi connectivity index (χ2n) is 7.15. The summed E-state index contributed by atoms with van der Waals surface area (Å²) in [6.45, 7) is 8.29. The third kappa shape index (κ3) is 4.70. The van der Waals surface area contributed by atoms with Crippen LogP contribution in [0.25, 0.3) is 6.08 Å². The van der Waals surface area contributed by atoms with Gasteiger partial charge in [0.2, 0.25) is 5.91 Å². The van der Waals surface area contributed by atoms with E-state index in [1.54, 1.807) is 11.3 Å². The Morgan fingerprint density at radius 3 is 2.68 bits per heavy atom. The Hall–Kier alpha value is -1.21. The number of carbonyl (C=O) groups is 1. The van der Waals surface area contributed by atoms with Gasteiger partial charge in [-0.05, 0) is 57.4 Å². The van der Waals surface area contributed by atoms with Crippen molar-refractivity contribution in [1.82, 2.24) is 15.1 Å². The fourth-order valence-electron chi connectivity index (χ4n) is 3.71. The number of carbonyl (C=O) groups excluding carboxylic acids is 1. The van der Waals surface area contributed by atoms with Crippen molar-refractivity contribution in [3.8, 4) is 0 Å². The number of likely N-dealkylation sites (tertiary alicyclic amines) is 1. The van der Waals surface area contributed by atoms with E-state index in [1.165, 1.54) is 0 Å². The number of amides is 1. The summed E-state index contributed by atoms with van der Waals surface area (Å²) in [5.41, 5.74) is 0.835. The molecule has 2 saturated heterocycles. The fourth-order valence-corrected chi connectivity index (χ4v) is 4.43. The predicted octanol–water partition coefficient (Wildman–Crippen LogP) is 2.06. The summed E-state index contributed by atoms with van der Waals surface area (Å²) in [5, 5.41) is 5.24. The highest BCUT2D eigenvalue weighted by Gasteiger charge is 2.40. The summed E-state index contributed by atoms with van der Waals surface area (Å²) >= 11 is 1.65. The van der Waals surface area contributed by atoms with Crippen molar-refractivity contribution in [3.63, 3.8) is 0 Å². The molecular formula is C19H29N3O2S. The molecule has 0 saturated carbocycles. The Morgan fingerprint density at radius 1 is 1.32 bits per heavy atom. The molecule has 0 unspecified atom stereocenters. The fraction of sp³-hybridized carbons (Fsp3) is 0.632. The summed E-state index contributed by atoms with van der Waals surface area (Å²) in [5.74, 6) is 0.0416. The second kappa shape index (κ2) is 8.45. The number of piperidine rings is 1. The molecule has 0 aromatic carbocycles. The molecule has 1 aromatic rings. The minimum Gasteiger partial charge on any atom is -0.379 e. The first kappa shape index (κ1) is 18.6. The monoisotopic (exact) mass is 363 g/mol. The maximum atomic E-state index is 12.6. The molecule has 3 rings (SSSR count). The lowest BCUT2D eigenvalue weighted by Gasteiger charge is -2.49. The number of hydrogen-bond donors (Lipinski definition) is 1. The van der Waals surface area contributed by atoms with Crippen molar-refractivity contribution in [2.24, 2.45) is 0 Å². The summed E-state index contributed by atoms with van der Waals surface area (Å²) in [7, 11) is 2.18. The standard InChI is InChI=1S/C19H29N3O2S/c1-16(14-17-4-3-13-25-17)18(23)20-15-19(5-7-21(2)8-6-19)22-9-11-24-12-10-22/h3-4,13-14H,5-12,15H2,1-2H3,(H,20,23)/b16-14+. The van der Waals surface area contributed by atoms with Crippen LogP contribution in [-0.4, -0.2) is 74.2 Å². The molecule has 2 fully saturated rings. The van der Waals surface area contributed by atoms with Gasteiger partial charge in [0.25, 0.3) is 0 Å². The van der Waals surface area contributed by atoms with E-state index in [0.29, 0.717) is 0 Å². The zero-order valence-corrected chi connectivity index (χ0v) is 16.1. The lowest BCUT2D eigenvalue weighted by Crippen LogP contribution is -2.62. The van der Waals surface area contributed by atoms with Crippen LogP contribution in [0.4, 0.5) is 0 Å². The number of nitrogens with zero attached hydrogens (tertiary/aromatic N) is 2. The van der Waals surface area contributed by atoms with E-state index in [1.807, 2.05) is 30.5 Å². The highest BCUT2D eigenvalue weighted by molar-refractivity contribution is 7.10. The third-order valence-electron chi connectivity index (χ3n) is 5.44. The van der Waals surface area contributed by atoms with Gasteiger partial charge in [0.1, 0.15) is 0 Å². The van der Waals surface area contributed by atoms with Crippen molar-refractivity contribution in [3.05, 3.63) is 28.0 Å². The minimum atomic E-state index is 0.0416. The molecule has 1 aromatic heterocycles.